The second-order valence-electron chi connectivity index (χ2n) is 11.9. The molecular weight excluding hydrogens is 568 g/mol. The van der Waals surface area contributed by atoms with E-state index >= 15 is 0 Å². The van der Waals surface area contributed by atoms with E-state index in [1.54, 1.807) is 0 Å². The number of hydrogen-bond acceptors (Lipinski definition) is 10. The summed E-state index contributed by atoms with van der Waals surface area (Å²) in [5, 5.41) is 10.3. The number of esters is 1. The number of benzene rings is 2. The van der Waals surface area contributed by atoms with E-state index in [1.807, 2.05) is 81.4 Å². The van der Waals surface area contributed by atoms with Gasteiger partial charge in [-0.25, -0.2) is 0 Å². The van der Waals surface area contributed by atoms with Gasteiger partial charge in [0.25, 0.3) is 0 Å². The molecule has 0 aromatic heterocycles. The third kappa shape index (κ3) is 9.08. The van der Waals surface area contributed by atoms with Crippen LogP contribution in [-0.2, 0) is 55.9 Å². The van der Waals surface area contributed by atoms with Crippen molar-refractivity contribution in [2.24, 2.45) is 0 Å². The van der Waals surface area contributed by atoms with Crippen molar-refractivity contribution in [3.63, 3.8) is 0 Å². The zero-order valence-corrected chi connectivity index (χ0v) is 26.0. The van der Waals surface area contributed by atoms with Crippen LogP contribution in [0.5, 0.6) is 0 Å². The summed E-state index contributed by atoms with van der Waals surface area (Å²) < 4.78 is 49.5. The van der Waals surface area contributed by atoms with Gasteiger partial charge in [-0.2, -0.15) is 0 Å². The fourth-order valence-electron chi connectivity index (χ4n) is 6.15. The Hall–Kier alpha value is -2.41. The first-order valence-corrected chi connectivity index (χ1v) is 15.7. The molecular formula is C34H46O10. The summed E-state index contributed by atoms with van der Waals surface area (Å²) >= 11 is 0. The van der Waals surface area contributed by atoms with Crippen LogP contribution >= 0.6 is 0 Å². The molecule has 0 spiro atoms. The summed E-state index contributed by atoms with van der Waals surface area (Å²) in [6.45, 7) is 7.91. The van der Waals surface area contributed by atoms with Gasteiger partial charge in [0.1, 0.15) is 18.3 Å². The van der Waals surface area contributed by atoms with Crippen LogP contribution in [0.3, 0.4) is 0 Å². The van der Waals surface area contributed by atoms with E-state index in [-0.39, 0.29) is 36.8 Å². The highest BCUT2D eigenvalue weighted by Gasteiger charge is 2.45. The Morgan fingerprint density at radius 3 is 1.95 bits per heavy atom. The maximum atomic E-state index is 11.5. The molecule has 44 heavy (non-hydrogen) atoms. The van der Waals surface area contributed by atoms with Crippen LogP contribution in [0.25, 0.3) is 0 Å². The first kappa shape index (κ1) is 33.0. The highest BCUT2D eigenvalue weighted by Crippen LogP contribution is 2.34. The van der Waals surface area contributed by atoms with E-state index in [0.717, 1.165) is 11.1 Å². The van der Waals surface area contributed by atoms with E-state index < -0.39 is 43.3 Å². The summed E-state index contributed by atoms with van der Waals surface area (Å²) in [4.78, 5) is 11.5. The molecule has 2 aromatic carbocycles. The second kappa shape index (κ2) is 15.7. The molecule has 0 amide bonds. The second-order valence-corrected chi connectivity index (χ2v) is 11.9. The van der Waals surface area contributed by atoms with Gasteiger partial charge in [0.15, 0.2) is 18.9 Å². The average Bonchev–Trinajstić information content (AvgIpc) is 2.99. The lowest BCUT2D eigenvalue weighted by atomic mass is 9.99. The van der Waals surface area contributed by atoms with E-state index in [9.17, 15) is 9.90 Å². The van der Waals surface area contributed by atoms with Crippen molar-refractivity contribution in [3.05, 3.63) is 71.8 Å². The van der Waals surface area contributed by atoms with Gasteiger partial charge in [0.05, 0.1) is 43.7 Å². The third-order valence-electron chi connectivity index (χ3n) is 8.38. The lowest BCUT2D eigenvalue weighted by molar-refractivity contribution is -0.332. The Balaban J connectivity index is 1.26. The fraction of sp³-hybridized carbons (Fsp3) is 0.618. The van der Waals surface area contributed by atoms with Crippen LogP contribution in [0, 0.1) is 0 Å². The molecule has 3 heterocycles. The van der Waals surface area contributed by atoms with Crippen LogP contribution < -0.4 is 0 Å². The molecule has 5 rings (SSSR count). The number of rotatable bonds is 11. The van der Waals surface area contributed by atoms with Gasteiger partial charge in [0, 0.05) is 26.2 Å². The Morgan fingerprint density at radius 2 is 1.32 bits per heavy atom. The molecule has 3 aliphatic rings. The highest BCUT2D eigenvalue weighted by atomic mass is 16.7. The van der Waals surface area contributed by atoms with Crippen LogP contribution in [0.1, 0.15) is 64.5 Å². The molecule has 11 atom stereocenters. The quantitative estimate of drug-likeness (QED) is 0.359. The van der Waals surface area contributed by atoms with Gasteiger partial charge >= 0.3 is 5.97 Å². The molecule has 10 heteroatoms. The molecule has 0 radical (unpaired) electrons. The summed E-state index contributed by atoms with van der Waals surface area (Å²) in [5.41, 5.74) is 2.08. The molecule has 0 bridgehead atoms. The van der Waals surface area contributed by atoms with Crippen LogP contribution in [-0.4, -0.2) is 78.8 Å². The van der Waals surface area contributed by atoms with E-state index in [0.29, 0.717) is 32.5 Å². The maximum Gasteiger partial charge on any atom is 0.302 e. The fourth-order valence-corrected chi connectivity index (χ4v) is 6.15. The minimum atomic E-state index is -0.940. The number of carbonyl (C=O) groups is 1. The largest absolute Gasteiger partial charge is 0.460 e. The van der Waals surface area contributed by atoms with Crippen molar-refractivity contribution < 1.29 is 47.8 Å². The highest BCUT2D eigenvalue weighted by molar-refractivity contribution is 5.66. The SMILES string of the molecule is CC(=O)O[C@H]1CC[C@H](O[C@@H]2C[C@H](OC3C(C)O[C@@H](O)C[C@H]3OCc3ccccc3)OC(C)C2OCc2ccccc2)OC1C. The van der Waals surface area contributed by atoms with E-state index in [2.05, 4.69) is 0 Å². The zero-order chi connectivity index (χ0) is 31.1. The molecule has 3 fully saturated rings. The van der Waals surface area contributed by atoms with Gasteiger partial charge in [0.2, 0.25) is 0 Å². The maximum absolute atomic E-state index is 11.5. The first-order valence-electron chi connectivity index (χ1n) is 15.7. The van der Waals surface area contributed by atoms with Crippen molar-refractivity contribution in [1.82, 2.24) is 0 Å². The zero-order valence-electron chi connectivity index (χ0n) is 26.0. The topological polar surface area (TPSA) is 111 Å². The van der Waals surface area contributed by atoms with Gasteiger partial charge < -0.3 is 43.0 Å². The Labute approximate surface area is 259 Å². The van der Waals surface area contributed by atoms with Crippen molar-refractivity contribution >= 4 is 5.97 Å². The Bertz CT molecular complexity index is 1150. The van der Waals surface area contributed by atoms with Crippen LogP contribution in [0.15, 0.2) is 60.7 Å². The van der Waals surface area contributed by atoms with E-state index in [1.165, 1.54) is 6.92 Å². The van der Waals surface area contributed by atoms with Gasteiger partial charge in [-0.15, -0.1) is 0 Å². The summed E-state index contributed by atoms with van der Waals surface area (Å²) in [7, 11) is 0. The van der Waals surface area contributed by atoms with Gasteiger partial charge in [-0.3, -0.25) is 4.79 Å². The van der Waals surface area contributed by atoms with Gasteiger partial charge in [-0.1, -0.05) is 60.7 Å². The molecule has 3 saturated heterocycles. The minimum absolute atomic E-state index is 0.282. The number of hydrogen-bond donors (Lipinski definition) is 1. The standard InChI is InChI=1S/C34H46O10/c1-21-27(42-24(4)35)15-16-31(40-21)43-29-18-32(41-22(2)33(29)38-20-26-13-9-6-10-14-26)44-34-23(3)39-30(36)17-28(34)37-19-25-11-7-5-8-12-25/h5-14,21-23,27-34,36H,15-20H2,1-4H3/t21?,22?,23?,27-,28+,29+,30+,31-,32-,33?,34?/m0/s1. The minimum Gasteiger partial charge on any atom is -0.460 e. The monoisotopic (exact) mass is 614 g/mol. The lowest BCUT2D eigenvalue weighted by Gasteiger charge is -2.45. The molecule has 10 nitrogen and oxygen atoms in total. The van der Waals surface area contributed by atoms with Crippen LogP contribution in [0.2, 0.25) is 0 Å². The smallest absolute Gasteiger partial charge is 0.302 e. The molecule has 3 aliphatic heterocycles. The molecule has 242 valence electrons. The van der Waals surface area contributed by atoms with Crippen LogP contribution in [0.4, 0.5) is 0 Å². The van der Waals surface area contributed by atoms with Crippen molar-refractivity contribution in [3.8, 4) is 0 Å². The van der Waals surface area contributed by atoms with Crippen molar-refractivity contribution in [2.75, 3.05) is 0 Å². The number of aliphatic hydroxyl groups is 1. The molecule has 2 aromatic rings. The normalized spacial score (nSPS) is 36.1. The number of aliphatic hydroxyl groups excluding tert-OH is 1. The number of carbonyl (C=O) groups excluding carboxylic acids is 1. The van der Waals surface area contributed by atoms with Crippen molar-refractivity contribution in [2.45, 2.75) is 134 Å². The van der Waals surface area contributed by atoms with Crippen molar-refractivity contribution in [1.29, 1.82) is 0 Å². The summed E-state index contributed by atoms with van der Waals surface area (Å²) in [6, 6.07) is 19.9. The molecule has 5 unspecified atom stereocenters. The predicted molar refractivity (Wildman–Crippen MR) is 159 cm³/mol. The molecule has 0 saturated carbocycles. The Kier molecular flexibility index (Phi) is 11.8. The first-order chi connectivity index (χ1) is 21.2. The van der Waals surface area contributed by atoms with E-state index in [4.69, 9.17) is 37.9 Å². The predicted octanol–water partition coefficient (Wildman–Crippen LogP) is 4.65. The molecule has 1 N–H and O–H groups in total. The lowest BCUT2D eigenvalue weighted by Crippen LogP contribution is -2.56. The molecule has 0 aliphatic carbocycles. The average molecular weight is 615 g/mol. The third-order valence-corrected chi connectivity index (χ3v) is 8.38. The van der Waals surface area contributed by atoms with Gasteiger partial charge in [-0.05, 0) is 38.3 Å². The summed E-state index contributed by atoms with van der Waals surface area (Å²) in [6.07, 6.45) is -3.23. The Morgan fingerprint density at radius 1 is 0.705 bits per heavy atom. The number of ether oxygens (including phenoxy) is 8. The summed E-state index contributed by atoms with van der Waals surface area (Å²) in [5.74, 6) is -0.322.